The maximum Gasteiger partial charge on any atom is 0.311 e. The number of methoxy groups -OCH3 is 1. The van der Waals surface area contributed by atoms with Crippen molar-refractivity contribution < 1.29 is 68.3 Å². The van der Waals surface area contributed by atoms with Crippen LogP contribution in [-0.2, 0) is 49.4 Å². The van der Waals surface area contributed by atoms with E-state index < -0.39 is 102 Å². The summed E-state index contributed by atoms with van der Waals surface area (Å²) in [6.07, 6.45) is -9.52. The minimum Gasteiger partial charge on any atom is -0.459 e. The van der Waals surface area contributed by atoms with Crippen LogP contribution in [0.1, 0.15) is 100 Å². The van der Waals surface area contributed by atoms with Crippen LogP contribution >= 0.6 is 0 Å². The summed E-state index contributed by atoms with van der Waals surface area (Å²) in [5, 5.41) is 64.0. The van der Waals surface area contributed by atoms with Crippen molar-refractivity contribution in [2.24, 2.45) is 28.8 Å². The summed E-state index contributed by atoms with van der Waals surface area (Å²) >= 11 is 0. The van der Waals surface area contributed by atoms with E-state index >= 15 is 0 Å². The number of rotatable bonds is 12. The Hall–Kier alpha value is -2.32. The van der Waals surface area contributed by atoms with Crippen molar-refractivity contribution in [3.05, 3.63) is 35.9 Å². The molecule has 0 aliphatic carbocycles. The van der Waals surface area contributed by atoms with Crippen molar-refractivity contribution in [1.29, 1.82) is 0 Å². The van der Waals surface area contributed by atoms with E-state index in [1.54, 1.807) is 48.5 Å². The Morgan fingerprint density at radius 1 is 0.902 bits per heavy atom. The minimum atomic E-state index is -1.97. The lowest BCUT2D eigenvalue weighted by Crippen LogP contribution is -2.61. The second-order valence-electron chi connectivity index (χ2n) is 18.7. The molecular weight excluding hydrogens is 792 g/mol. The third kappa shape index (κ3) is 12.3. The number of ether oxygens (including phenoxy) is 7. The quantitative estimate of drug-likeness (QED) is 0.0878. The van der Waals surface area contributed by atoms with Crippen LogP contribution in [-0.4, -0.2) is 154 Å². The molecule has 16 heteroatoms. The van der Waals surface area contributed by atoms with Gasteiger partial charge >= 0.3 is 5.97 Å². The van der Waals surface area contributed by atoms with Crippen LogP contribution in [0.2, 0.25) is 0 Å². The first-order valence-corrected chi connectivity index (χ1v) is 21.8. The van der Waals surface area contributed by atoms with Crippen LogP contribution in [0, 0.1) is 23.7 Å². The number of benzene rings is 1. The van der Waals surface area contributed by atoms with Crippen LogP contribution < -0.4 is 0 Å². The summed E-state index contributed by atoms with van der Waals surface area (Å²) in [7, 11) is 5.23. The fourth-order valence-electron chi connectivity index (χ4n) is 9.47. The predicted octanol–water partition coefficient (Wildman–Crippen LogP) is 3.76. The largest absolute Gasteiger partial charge is 0.459 e. The molecule has 3 fully saturated rings. The molecule has 61 heavy (non-hydrogen) atoms. The molecule has 1 aromatic carbocycles. The molecule has 3 aliphatic rings. The highest BCUT2D eigenvalue weighted by molar-refractivity contribution is 5.88. The van der Waals surface area contributed by atoms with Crippen LogP contribution in [0.3, 0.4) is 0 Å². The van der Waals surface area contributed by atoms with Crippen LogP contribution in [0.5, 0.6) is 0 Å². The van der Waals surface area contributed by atoms with Gasteiger partial charge in [-0.25, -0.2) is 0 Å². The van der Waals surface area contributed by atoms with Crippen LogP contribution in [0.25, 0.3) is 0 Å². The Bertz CT molecular complexity index is 1550. The third-order valence-electron chi connectivity index (χ3n) is 13.3. The maximum absolute atomic E-state index is 14.4. The fraction of sp³-hybridized carbons (Fsp3) is 0.822. The molecule has 18 atom stereocenters. The smallest absolute Gasteiger partial charge is 0.311 e. The topological polar surface area (TPSA) is 208 Å². The van der Waals surface area contributed by atoms with Gasteiger partial charge in [0.05, 0.1) is 60.0 Å². The van der Waals surface area contributed by atoms with Crippen LogP contribution in [0.15, 0.2) is 35.5 Å². The van der Waals surface area contributed by atoms with Gasteiger partial charge in [0.2, 0.25) is 6.79 Å². The Morgan fingerprint density at radius 3 is 2.16 bits per heavy atom. The van der Waals surface area contributed by atoms with Crippen molar-refractivity contribution in [3.8, 4) is 0 Å². The molecule has 3 aliphatic heterocycles. The number of likely N-dealkylation sites (N-methyl/N-ethyl adjacent to an activating group) is 1. The number of hydrogen-bond donors (Lipinski definition) is 5. The van der Waals surface area contributed by atoms with E-state index in [-0.39, 0.29) is 44.8 Å². The van der Waals surface area contributed by atoms with Crippen molar-refractivity contribution in [2.75, 3.05) is 28.0 Å². The van der Waals surface area contributed by atoms with Crippen molar-refractivity contribution >= 4 is 11.7 Å². The molecular formula is C45H76N2O14. The first-order chi connectivity index (χ1) is 28.5. The summed E-state index contributed by atoms with van der Waals surface area (Å²) in [4.78, 5) is 22.0. The van der Waals surface area contributed by atoms with Gasteiger partial charge in [-0.3, -0.25) is 4.79 Å². The lowest BCUT2D eigenvalue weighted by Gasteiger charge is -2.49. The fourth-order valence-corrected chi connectivity index (χ4v) is 9.47. The first-order valence-electron chi connectivity index (χ1n) is 21.8. The zero-order valence-electron chi connectivity index (χ0n) is 38.6. The molecule has 3 saturated heterocycles. The summed E-state index contributed by atoms with van der Waals surface area (Å²) < 4.78 is 43.5. The number of nitrogens with zero attached hydrogens (tertiary/aromatic N) is 2. The average Bonchev–Trinajstić information content (AvgIpc) is 3.20. The monoisotopic (exact) mass is 869 g/mol. The van der Waals surface area contributed by atoms with Gasteiger partial charge < -0.3 is 68.4 Å². The lowest BCUT2D eigenvalue weighted by atomic mass is 9.73. The maximum atomic E-state index is 14.4. The van der Waals surface area contributed by atoms with E-state index in [1.807, 2.05) is 63.2 Å². The molecule has 16 nitrogen and oxygen atoms in total. The number of carbonyl (C=O) groups excluding carboxylic acids is 1. The van der Waals surface area contributed by atoms with E-state index in [1.165, 1.54) is 14.0 Å². The van der Waals surface area contributed by atoms with Gasteiger partial charge in [0, 0.05) is 37.3 Å². The van der Waals surface area contributed by atoms with Gasteiger partial charge in [-0.15, -0.1) is 0 Å². The van der Waals surface area contributed by atoms with Gasteiger partial charge in [0.1, 0.15) is 23.9 Å². The Morgan fingerprint density at radius 2 is 1.56 bits per heavy atom. The highest BCUT2D eigenvalue weighted by Gasteiger charge is 2.53. The Kier molecular flexibility index (Phi) is 18.1. The Labute approximate surface area is 362 Å². The Balaban J connectivity index is 1.82. The minimum absolute atomic E-state index is 0.0303. The van der Waals surface area contributed by atoms with Gasteiger partial charge in [-0.1, -0.05) is 63.2 Å². The molecule has 0 aromatic heterocycles. The number of cyclic esters (lactones) is 1. The van der Waals surface area contributed by atoms with Crippen molar-refractivity contribution in [3.63, 3.8) is 0 Å². The lowest BCUT2D eigenvalue weighted by molar-refractivity contribution is -0.317. The number of oxime groups is 1. The standard InChI is InChI=1S/C45H76N2O14/c1-14-33-45(10,53)38(49)27(4)35(46-56-24-55-23-31-18-16-15-17-19-31)25(2)21-43(8,52)40(61-42-36(48)32(47(11)12)20-26(3)57-42)28(5)37(29(6)41(51)59-33)60-34-22-44(9,54-13)39(50)30(7)58-34/h15-19,25-30,32-34,36-40,42,48-50,52-53H,14,20-24H2,1-13H3/b46-35+/t25-,26-,27+,28+,29-,30+,32+,33?,34+,36-,37?,38-,39+,40-,42+,43-,44-,45-/m1/s1. The zero-order chi connectivity index (χ0) is 45.6. The molecule has 0 bridgehead atoms. The highest BCUT2D eigenvalue weighted by Crippen LogP contribution is 2.41. The second-order valence-corrected chi connectivity index (χ2v) is 18.7. The molecule has 4 rings (SSSR count). The number of aliphatic hydroxyl groups is 5. The summed E-state index contributed by atoms with van der Waals surface area (Å²) in [6, 6.07) is 9.22. The summed E-state index contributed by atoms with van der Waals surface area (Å²) in [5.74, 6) is -4.15. The molecule has 2 unspecified atom stereocenters. The molecule has 0 radical (unpaired) electrons. The van der Waals surface area contributed by atoms with Gasteiger partial charge in [-0.05, 0) is 80.5 Å². The average molecular weight is 869 g/mol. The molecule has 0 spiro atoms. The highest BCUT2D eigenvalue weighted by atomic mass is 16.7. The van der Waals surface area contributed by atoms with E-state index in [9.17, 15) is 30.3 Å². The molecule has 0 amide bonds. The molecule has 5 N–H and O–H groups in total. The van der Waals surface area contributed by atoms with Crippen molar-refractivity contribution in [2.45, 2.75) is 186 Å². The third-order valence-corrected chi connectivity index (χ3v) is 13.3. The van der Waals surface area contributed by atoms with Gasteiger partial charge in [0.25, 0.3) is 0 Å². The van der Waals surface area contributed by atoms with Gasteiger partial charge in [0.15, 0.2) is 12.6 Å². The van der Waals surface area contributed by atoms with E-state index in [4.69, 9.17) is 38.0 Å². The molecule has 0 saturated carbocycles. The SMILES string of the molecule is CCC1OC(=O)[C@H](C)C(O[C@H]2C[C@@](C)(OC)[C@@H](O)[C@H](C)O2)[C@H](C)[C@@H](O[C@@H]2O[C@H](C)C[C@H](N(C)C)[C@H]2O)[C@](C)(O)C[C@@H](C)/C(=N\OCOCc2ccccc2)[C@H](C)[C@@H](O)[C@]1(C)O. The van der Waals surface area contributed by atoms with E-state index in [0.717, 1.165) is 5.56 Å². The number of carbonyl (C=O) groups is 1. The number of hydrogen-bond acceptors (Lipinski definition) is 16. The first kappa shape index (κ1) is 51.3. The number of esters is 1. The van der Waals surface area contributed by atoms with Crippen molar-refractivity contribution in [1.82, 2.24) is 4.90 Å². The normalized spacial score (nSPS) is 44.1. The summed E-state index contributed by atoms with van der Waals surface area (Å²) in [5.41, 5.74) is -3.56. The summed E-state index contributed by atoms with van der Waals surface area (Å²) in [6.45, 7) is 17.1. The molecule has 3 heterocycles. The van der Waals surface area contributed by atoms with Crippen LogP contribution in [0.4, 0.5) is 0 Å². The second kappa shape index (κ2) is 21.6. The van der Waals surface area contributed by atoms with E-state index in [0.29, 0.717) is 12.1 Å². The number of aliphatic hydroxyl groups excluding tert-OH is 3. The molecule has 1 aromatic rings. The van der Waals surface area contributed by atoms with E-state index in [2.05, 4.69) is 5.16 Å². The molecule has 350 valence electrons. The predicted molar refractivity (Wildman–Crippen MR) is 226 cm³/mol. The van der Waals surface area contributed by atoms with Gasteiger partial charge in [-0.2, -0.15) is 0 Å². The zero-order valence-corrected chi connectivity index (χ0v) is 38.6.